The Morgan fingerprint density at radius 3 is 2.48 bits per heavy atom. The average molecular weight is 315 g/mol. The third-order valence-corrected chi connectivity index (χ3v) is 5.33. The molecule has 0 aromatic carbocycles. The maximum absolute atomic E-state index is 4.68. The van der Waals surface area contributed by atoms with Crippen molar-refractivity contribution in [3.8, 4) is 11.6 Å². The first-order chi connectivity index (χ1) is 10.9. The molecular weight excluding hydrogens is 290 g/mol. The summed E-state index contributed by atoms with van der Waals surface area (Å²) in [7, 11) is 6.03. The minimum Gasteiger partial charge on any atom is -0.344 e. The summed E-state index contributed by atoms with van der Waals surface area (Å²) >= 11 is 0. The van der Waals surface area contributed by atoms with Crippen molar-refractivity contribution in [1.82, 2.24) is 29.5 Å². The molecule has 0 aliphatic heterocycles. The monoisotopic (exact) mass is 315 g/mol. The molecule has 1 atom stereocenters. The second-order valence-corrected chi connectivity index (χ2v) is 7.84. The fourth-order valence-corrected chi connectivity index (χ4v) is 3.26. The van der Waals surface area contributed by atoms with Crippen LogP contribution in [0.1, 0.15) is 44.9 Å². The van der Waals surface area contributed by atoms with Crippen LogP contribution in [0.4, 0.5) is 5.95 Å². The van der Waals surface area contributed by atoms with E-state index in [0.717, 1.165) is 35.9 Å². The molecular formula is C16H25N7. The number of aryl methyl sites for hydroxylation is 1. The zero-order valence-electron chi connectivity index (χ0n) is 14.6. The first kappa shape index (κ1) is 14.7. The standard InChI is InChI=1S/C16H25N7/c1-16(2)8-11(16)9-21(3)15-19-18-14(22(15)4)13-17-12(10-6-7-10)20-23(13)5/h10-11H,6-9H2,1-5H3. The molecule has 0 bridgehead atoms. The molecule has 2 aliphatic carbocycles. The van der Waals surface area contributed by atoms with Gasteiger partial charge >= 0.3 is 0 Å². The van der Waals surface area contributed by atoms with Crippen LogP contribution in [-0.2, 0) is 14.1 Å². The van der Waals surface area contributed by atoms with Crippen molar-refractivity contribution in [2.45, 2.75) is 39.0 Å². The first-order valence-corrected chi connectivity index (χ1v) is 8.38. The Balaban J connectivity index is 1.58. The molecule has 0 radical (unpaired) electrons. The molecule has 23 heavy (non-hydrogen) atoms. The minimum absolute atomic E-state index is 0.471. The van der Waals surface area contributed by atoms with Crippen molar-refractivity contribution >= 4 is 5.95 Å². The Morgan fingerprint density at radius 1 is 1.17 bits per heavy atom. The van der Waals surface area contributed by atoms with Gasteiger partial charge in [0.25, 0.3) is 0 Å². The van der Waals surface area contributed by atoms with E-state index < -0.39 is 0 Å². The summed E-state index contributed by atoms with van der Waals surface area (Å²) in [6.45, 7) is 5.67. The Morgan fingerprint density at radius 2 is 1.87 bits per heavy atom. The number of rotatable bonds is 5. The Kier molecular flexibility index (Phi) is 3.05. The van der Waals surface area contributed by atoms with E-state index in [9.17, 15) is 0 Å². The molecule has 2 aromatic rings. The number of hydrogen-bond donors (Lipinski definition) is 0. The normalized spacial score (nSPS) is 22.4. The fourth-order valence-electron chi connectivity index (χ4n) is 3.26. The number of hydrogen-bond acceptors (Lipinski definition) is 5. The second-order valence-electron chi connectivity index (χ2n) is 7.84. The molecule has 4 rings (SSSR count). The average Bonchev–Trinajstić information content (AvgIpc) is 3.33. The van der Waals surface area contributed by atoms with E-state index >= 15 is 0 Å². The lowest BCUT2D eigenvalue weighted by molar-refractivity contribution is 0.553. The van der Waals surface area contributed by atoms with Gasteiger partial charge in [-0.1, -0.05) is 13.8 Å². The van der Waals surface area contributed by atoms with E-state index in [-0.39, 0.29) is 0 Å². The molecule has 0 N–H and O–H groups in total. The van der Waals surface area contributed by atoms with Crippen LogP contribution in [-0.4, -0.2) is 43.1 Å². The van der Waals surface area contributed by atoms with E-state index in [4.69, 9.17) is 0 Å². The summed E-state index contributed by atoms with van der Waals surface area (Å²) < 4.78 is 3.85. The molecule has 2 heterocycles. The van der Waals surface area contributed by atoms with Gasteiger partial charge in [-0.3, -0.25) is 4.57 Å². The van der Waals surface area contributed by atoms with Crippen molar-refractivity contribution < 1.29 is 0 Å². The predicted molar refractivity (Wildman–Crippen MR) is 88.1 cm³/mol. The van der Waals surface area contributed by atoms with Crippen LogP contribution in [0.3, 0.4) is 0 Å². The highest BCUT2D eigenvalue weighted by Gasteiger charge is 2.46. The Labute approximate surface area is 136 Å². The molecule has 0 saturated heterocycles. The topological polar surface area (TPSA) is 64.7 Å². The largest absolute Gasteiger partial charge is 0.344 e. The zero-order valence-corrected chi connectivity index (χ0v) is 14.6. The van der Waals surface area contributed by atoms with Crippen LogP contribution in [0.25, 0.3) is 11.6 Å². The first-order valence-electron chi connectivity index (χ1n) is 8.38. The molecule has 0 amide bonds. The zero-order chi connectivity index (χ0) is 16.4. The number of anilines is 1. The molecule has 2 aliphatic rings. The van der Waals surface area contributed by atoms with E-state index in [1.54, 1.807) is 0 Å². The SMILES string of the molecule is CN(CC1CC1(C)C)c1nnc(-c2nc(C3CC3)nn2C)n1C. The van der Waals surface area contributed by atoms with Gasteiger partial charge in [0.2, 0.25) is 11.8 Å². The van der Waals surface area contributed by atoms with E-state index in [1.165, 1.54) is 19.3 Å². The van der Waals surface area contributed by atoms with Crippen molar-refractivity contribution in [3.05, 3.63) is 5.82 Å². The van der Waals surface area contributed by atoms with E-state index in [1.807, 2.05) is 23.3 Å². The third-order valence-electron chi connectivity index (χ3n) is 5.33. The summed E-state index contributed by atoms with van der Waals surface area (Å²) in [6.07, 6.45) is 3.69. The van der Waals surface area contributed by atoms with Gasteiger partial charge in [0, 0.05) is 33.6 Å². The quantitative estimate of drug-likeness (QED) is 0.844. The smallest absolute Gasteiger partial charge is 0.227 e. The predicted octanol–water partition coefficient (Wildman–Crippen LogP) is 1.97. The molecule has 1 unspecified atom stereocenters. The summed E-state index contributed by atoms with van der Waals surface area (Å²) in [5.74, 6) is 4.70. The molecule has 7 heteroatoms. The van der Waals surface area contributed by atoms with Crippen molar-refractivity contribution in [1.29, 1.82) is 0 Å². The van der Waals surface area contributed by atoms with Gasteiger partial charge in [-0.25, -0.2) is 9.67 Å². The van der Waals surface area contributed by atoms with Crippen LogP contribution < -0.4 is 4.90 Å². The van der Waals surface area contributed by atoms with Crippen molar-refractivity contribution in [3.63, 3.8) is 0 Å². The summed E-state index contributed by atoms with van der Waals surface area (Å²) in [5, 5.41) is 13.3. The molecule has 124 valence electrons. The second kappa shape index (κ2) is 4.79. The number of nitrogens with zero attached hydrogens (tertiary/aromatic N) is 7. The van der Waals surface area contributed by atoms with Gasteiger partial charge in [-0.05, 0) is 30.6 Å². The maximum Gasteiger partial charge on any atom is 0.227 e. The van der Waals surface area contributed by atoms with Gasteiger partial charge in [-0.2, -0.15) is 5.10 Å². The lowest BCUT2D eigenvalue weighted by Gasteiger charge is -2.18. The highest BCUT2D eigenvalue weighted by atomic mass is 15.4. The summed E-state index contributed by atoms with van der Waals surface area (Å²) in [4.78, 5) is 6.88. The highest BCUT2D eigenvalue weighted by Crippen LogP contribution is 2.51. The molecule has 7 nitrogen and oxygen atoms in total. The van der Waals surface area contributed by atoms with Crippen molar-refractivity contribution in [2.24, 2.45) is 25.4 Å². The highest BCUT2D eigenvalue weighted by molar-refractivity contribution is 5.49. The van der Waals surface area contributed by atoms with Crippen LogP contribution in [0.2, 0.25) is 0 Å². The third kappa shape index (κ3) is 2.52. The van der Waals surface area contributed by atoms with Crippen molar-refractivity contribution in [2.75, 3.05) is 18.5 Å². The van der Waals surface area contributed by atoms with E-state index in [2.05, 4.69) is 46.1 Å². The molecule has 0 spiro atoms. The van der Waals surface area contributed by atoms with Gasteiger partial charge < -0.3 is 4.90 Å². The summed E-state index contributed by atoms with van der Waals surface area (Å²) in [6, 6.07) is 0. The van der Waals surface area contributed by atoms with Crippen LogP contribution in [0, 0.1) is 11.3 Å². The van der Waals surface area contributed by atoms with Gasteiger partial charge in [0.05, 0.1) is 0 Å². The maximum atomic E-state index is 4.68. The lowest BCUT2D eigenvalue weighted by atomic mass is 10.1. The van der Waals surface area contributed by atoms with Crippen LogP contribution in [0.5, 0.6) is 0 Å². The fraction of sp³-hybridized carbons (Fsp3) is 0.750. The number of aromatic nitrogens is 6. The minimum atomic E-state index is 0.471. The molecule has 2 aromatic heterocycles. The van der Waals surface area contributed by atoms with Gasteiger partial charge in [0.15, 0.2) is 11.6 Å². The van der Waals surface area contributed by atoms with Crippen LogP contribution >= 0.6 is 0 Å². The Hall–Kier alpha value is -1.92. The van der Waals surface area contributed by atoms with Gasteiger partial charge in [0.1, 0.15) is 0 Å². The Bertz CT molecular complexity index is 738. The van der Waals surface area contributed by atoms with E-state index in [0.29, 0.717) is 11.3 Å². The van der Waals surface area contributed by atoms with Gasteiger partial charge in [-0.15, -0.1) is 10.2 Å². The summed E-state index contributed by atoms with van der Waals surface area (Å²) in [5.41, 5.74) is 0.471. The molecule has 2 fully saturated rings. The molecule has 2 saturated carbocycles. The van der Waals surface area contributed by atoms with Crippen LogP contribution in [0.15, 0.2) is 0 Å². The lowest BCUT2D eigenvalue weighted by Crippen LogP contribution is -2.24.